The van der Waals surface area contributed by atoms with Crippen molar-refractivity contribution >= 4 is 20.4 Å². The van der Waals surface area contributed by atoms with Crippen LogP contribution in [0.3, 0.4) is 0 Å². The molecule has 0 aromatic heterocycles. The van der Waals surface area contributed by atoms with E-state index in [1.54, 1.807) is 60.7 Å². The van der Waals surface area contributed by atoms with Crippen molar-refractivity contribution in [2.75, 3.05) is 0 Å². The Balaban J connectivity index is 2.32. The van der Waals surface area contributed by atoms with Gasteiger partial charge in [0.1, 0.15) is 0 Å². The second-order valence-electron chi connectivity index (χ2n) is 7.90. The lowest BCUT2D eigenvalue weighted by Crippen LogP contribution is -2.27. The molecule has 178 valence electrons. The highest BCUT2D eigenvalue weighted by Gasteiger charge is 2.52. The Hall–Kier alpha value is -2.29. The van der Waals surface area contributed by atoms with Crippen molar-refractivity contribution in [3.8, 4) is 0 Å². The molecule has 0 aliphatic carbocycles. The number of hydrogen-bond acceptors (Lipinski definition) is 3. The Bertz CT molecular complexity index is 1120. The molecule has 0 amide bonds. The molecule has 0 bridgehead atoms. The molecule has 3 rings (SSSR count). The van der Waals surface area contributed by atoms with Crippen molar-refractivity contribution in [2.24, 2.45) is 0 Å². The summed E-state index contributed by atoms with van der Waals surface area (Å²) in [7, 11) is -9.16. The van der Waals surface area contributed by atoms with E-state index in [4.69, 9.17) is 3.63 Å². The molecule has 0 fully saturated rings. The second-order valence-corrected chi connectivity index (χ2v) is 12.3. The van der Waals surface area contributed by atoms with Gasteiger partial charge < -0.3 is 0 Å². The summed E-state index contributed by atoms with van der Waals surface area (Å²) in [6.07, 6.45) is 2.82. The summed E-state index contributed by atoms with van der Waals surface area (Å²) in [5, 5.41) is 0. The first-order chi connectivity index (χ1) is 15.5. The van der Waals surface area contributed by atoms with Gasteiger partial charge in [-0.3, -0.25) is 0 Å². The van der Waals surface area contributed by atoms with Gasteiger partial charge in [0.25, 0.3) is 0 Å². The van der Waals surface area contributed by atoms with Crippen molar-refractivity contribution < 1.29 is 25.2 Å². The summed E-state index contributed by atoms with van der Waals surface area (Å²) in [5.74, 6) is 0. The minimum Gasteiger partial charge on any atom is -0.200 e. The second kappa shape index (κ2) is 9.91. The first kappa shape index (κ1) is 25.3. The van der Waals surface area contributed by atoms with Crippen LogP contribution in [0.2, 0.25) is 0 Å². The number of halogens is 3. The van der Waals surface area contributed by atoms with Crippen LogP contribution >= 0.6 is 10.3 Å². The zero-order valence-electron chi connectivity index (χ0n) is 18.7. The number of benzene rings is 3. The maximum absolute atomic E-state index is 13.5. The number of unbranched alkanes of at least 4 members (excludes halogenated alkanes) is 1. The summed E-state index contributed by atoms with van der Waals surface area (Å²) in [4.78, 5) is 1.11. The third-order valence-corrected chi connectivity index (χ3v) is 10.2. The minimum absolute atomic E-state index is 0.367. The van der Waals surface area contributed by atoms with Gasteiger partial charge in [-0.1, -0.05) is 60.9 Å². The SMILES string of the molecule is CCCCc1ccc(S(OS(=O)(=O)C(F)(F)F)(c2ccc(C)cc2)c2ccc(C)cc2)cc1. The van der Waals surface area contributed by atoms with E-state index in [0.717, 1.165) is 36.0 Å². The molecule has 0 N–H and O–H groups in total. The average molecular weight is 497 g/mol. The monoisotopic (exact) mass is 496 g/mol. The average Bonchev–Trinajstić information content (AvgIpc) is 2.77. The van der Waals surface area contributed by atoms with E-state index >= 15 is 0 Å². The Morgan fingerprint density at radius 1 is 0.727 bits per heavy atom. The number of aryl methyl sites for hydroxylation is 3. The van der Waals surface area contributed by atoms with E-state index in [-0.39, 0.29) is 0 Å². The number of rotatable bonds is 8. The highest BCUT2D eigenvalue weighted by molar-refractivity contribution is 8.33. The highest BCUT2D eigenvalue weighted by Crippen LogP contribution is 2.70. The molecule has 0 atom stereocenters. The van der Waals surface area contributed by atoms with Crippen molar-refractivity contribution in [1.82, 2.24) is 0 Å². The van der Waals surface area contributed by atoms with E-state index < -0.39 is 25.9 Å². The third kappa shape index (κ3) is 5.45. The van der Waals surface area contributed by atoms with Gasteiger partial charge in [0.2, 0.25) is 0 Å². The quantitative estimate of drug-likeness (QED) is 0.300. The molecule has 0 aliphatic rings. The van der Waals surface area contributed by atoms with Crippen LogP contribution in [-0.2, 0) is 20.2 Å². The molecule has 0 saturated carbocycles. The molecular weight excluding hydrogens is 469 g/mol. The van der Waals surface area contributed by atoms with Crippen molar-refractivity contribution in [3.63, 3.8) is 0 Å². The molecule has 3 nitrogen and oxygen atoms in total. The predicted octanol–water partition coefficient (Wildman–Crippen LogP) is 7.71. The van der Waals surface area contributed by atoms with Crippen LogP contribution in [0.4, 0.5) is 13.2 Å². The predicted molar refractivity (Wildman–Crippen MR) is 126 cm³/mol. The van der Waals surface area contributed by atoms with Crippen LogP contribution in [0.15, 0.2) is 87.5 Å². The molecule has 33 heavy (non-hydrogen) atoms. The topological polar surface area (TPSA) is 43.4 Å². The molecule has 0 aliphatic heterocycles. The van der Waals surface area contributed by atoms with E-state index in [0.29, 0.717) is 14.7 Å². The van der Waals surface area contributed by atoms with E-state index in [2.05, 4.69) is 6.92 Å². The first-order valence-electron chi connectivity index (χ1n) is 10.6. The van der Waals surface area contributed by atoms with Gasteiger partial charge in [-0.2, -0.15) is 25.2 Å². The lowest BCUT2D eigenvalue weighted by molar-refractivity contribution is -0.0496. The standard InChI is InChI=1S/C25H27F3O3S2/c1-4-5-6-21-11-17-24(18-12-21)32(22-13-7-19(2)8-14-22,23-15-9-20(3)10-16-23)31-33(29,30)25(26,27)28/h7-18H,4-6H2,1-3H3. The van der Waals surface area contributed by atoms with E-state index in [1.165, 1.54) is 0 Å². The van der Waals surface area contributed by atoms with Crippen LogP contribution in [0.25, 0.3) is 0 Å². The number of alkyl halides is 3. The first-order valence-corrected chi connectivity index (χ1v) is 13.5. The molecule has 0 saturated heterocycles. The van der Waals surface area contributed by atoms with Crippen molar-refractivity contribution in [1.29, 1.82) is 0 Å². The van der Waals surface area contributed by atoms with E-state index in [9.17, 15) is 21.6 Å². The zero-order chi connectivity index (χ0) is 24.3. The molecule has 3 aromatic carbocycles. The molecular formula is C25H27F3O3S2. The Kier molecular flexibility index (Phi) is 7.61. The van der Waals surface area contributed by atoms with Gasteiger partial charge in [0, 0.05) is 14.7 Å². The van der Waals surface area contributed by atoms with Crippen LogP contribution < -0.4 is 0 Å². The minimum atomic E-state index is -5.91. The van der Waals surface area contributed by atoms with Crippen LogP contribution in [-0.4, -0.2) is 13.9 Å². The Morgan fingerprint density at radius 3 is 1.48 bits per heavy atom. The fourth-order valence-corrected chi connectivity index (χ4v) is 8.09. The fourth-order valence-electron chi connectivity index (χ4n) is 3.39. The normalized spacial score (nSPS) is 13.2. The maximum atomic E-state index is 13.5. The molecule has 0 spiro atoms. The molecule has 0 heterocycles. The van der Waals surface area contributed by atoms with Gasteiger partial charge in [-0.25, -0.2) is 0 Å². The van der Waals surface area contributed by atoms with Crippen LogP contribution in [0.1, 0.15) is 36.5 Å². The smallest absolute Gasteiger partial charge is 0.200 e. The van der Waals surface area contributed by atoms with E-state index in [1.807, 2.05) is 26.0 Å². The largest absolute Gasteiger partial charge is 0.524 e. The van der Waals surface area contributed by atoms with Gasteiger partial charge in [0.05, 0.1) is 0 Å². The Labute approximate surface area is 195 Å². The van der Waals surface area contributed by atoms with Crippen molar-refractivity contribution in [3.05, 3.63) is 89.5 Å². The number of hydrogen-bond donors (Lipinski definition) is 0. The molecule has 3 aromatic rings. The Morgan fingerprint density at radius 2 is 1.12 bits per heavy atom. The molecule has 0 radical (unpaired) electrons. The zero-order valence-corrected chi connectivity index (χ0v) is 20.4. The lowest BCUT2D eigenvalue weighted by atomic mass is 10.1. The van der Waals surface area contributed by atoms with Crippen LogP contribution in [0.5, 0.6) is 0 Å². The summed E-state index contributed by atoms with van der Waals surface area (Å²) in [6.45, 7) is 5.78. The van der Waals surface area contributed by atoms with Gasteiger partial charge in [-0.05, 0) is 79.0 Å². The molecule has 0 unspecified atom stereocenters. The van der Waals surface area contributed by atoms with Gasteiger partial charge in [0.15, 0.2) is 0 Å². The summed E-state index contributed by atoms with van der Waals surface area (Å²) >= 11 is 0. The fraction of sp³-hybridized carbons (Fsp3) is 0.280. The summed E-state index contributed by atoms with van der Waals surface area (Å²) < 4.78 is 70.7. The summed E-state index contributed by atoms with van der Waals surface area (Å²) in [6, 6.07) is 20.6. The molecule has 8 heteroatoms. The van der Waals surface area contributed by atoms with Crippen LogP contribution in [0, 0.1) is 13.8 Å². The summed E-state index contributed by atoms with van der Waals surface area (Å²) in [5.41, 5.74) is -2.74. The third-order valence-electron chi connectivity index (χ3n) is 5.26. The van der Waals surface area contributed by atoms with Gasteiger partial charge >= 0.3 is 15.6 Å². The van der Waals surface area contributed by atoms with Gasteiger partial charge in [-0.15, -0.1) is 0 Å². The maximum Gasteiger partial charge on any atom is 0.524 e. The lowest BCUT2D eigenvalue weighted by Gasteiger charge is -2.39. The highest BCUT2D eigenvalue weighted by atomic mass is 32.3. The van der Waals surface area contributed by atoms with Crippen molar-refractivity contribution in [2.45, 2.75) is 60.2 Å².